The zero-order chi connectivity index (χ0) is 22.3. The minimum Gasteiger partial charge on any atom is -0.503 e. The summed E-state index contributed by atoms with van der Waals surface area (Å²) in [5, 5.41) is 10.7. The standard InChI is InChI=1S/C24H25NO6/c1-24(2,3)22(27)19-20(15-6-5-7-16(11-15)29-4)25(23(28)21(19)26)12-14-8-9-17-18(10-14)31-13-30-17/h5-11,20,26H,12-13H2,1-4H3. The number of benzene rings is 2. The maximum absolute atomic E-state index is 13.2. The van der Waals surface area contributed by atoms with E-state index in [1.165, 1.54) is 4.90 Å². The highest BCUT2D eigenvalue weighted by atomic mass is 16.7. The summed E-state index contributed by atoms with van der Waals surface area (Å²) in [7, 11) is 1.55. The maximum atomic E-state index is 13.2. The van der Waals surface area contributed by atoms with Crippen LogP contribution in [0.1, 0.15) is 37.9 Å². The van der Waals surface area contributed by atoms with Gasteiger partial charge in [0, 0.05) is 12.0 Å². The van der Waals surface area contributed by atoms with Crippen LogP contribution in [-0.4, -0.2) is 35.6 Å². The Balaban J connectivity index is 1.78. The molecule has 162 valence electrons. The highest BCUT2D eigenvalue weighted by Crippen LogP contribution is 2.43. The van der Waals surface area contributed by atoms with E-state index in [1.807, 2.05) is 12.1 Å². The van der Waals surface area contributed by atoms with E-state index in [-0.39, 0.29) is 24.7 Å². The van der Waals surface area contributed by atoms with Crippen molar-refractivity contribution >= 4 is 11.7 Å². The molecule has 2 heterocycles. The van der Waals surface area contributed by atoms with Crippen LogP contribution in [0.25, 0.3) is 0 Å². The second-order valence-corrected chi connectivity index (χ2v) is 8.64. The van der Waals surface area contributed by atoms with E-state index >= 15 is 0 Å². The predicted molar refractivity (Wildman–Crippen MR) is 113 cm³/mol. The molecule has 0 fully saturated rings. The molecular weight excluding hydrogens is 398 g/mol. The molecule has 1 atom stereocenters. The van der Waals surface area contributed by atoms with Crippen LogP contribution in [-0.2, 0) is 16.1 Å². The lowest BCUT2D eigenvalue weighted by atomic mass is 9.82. The average molecular weight is 423 g/mol. The molecule has 0 saturated heterocycles. The van der Waals surface area contributed by atoms with Crippen molar-refractivity contribution < 1.29 is 28.9 Å². The van der Waals surface area contributed by atoms with Crippen LogP contribution in [0, 0.1) is 5.41 Å². The average Bonchev–Trinajstić information content (AvgIpc) is 3.30. The van der Waals surface area contributed by atoms with Crippen LogP contribution in [0.4, 0.5) is 0 Å². The van der Waals surface area contributed by atoms with Crippen LogP contribution >= 0.6 is 0 Å². The van der Waals surface area contributed by atoms with E-state index in [2.05, 4.69) is 0 Å². The topological polar surface area (TPSA) is 85.3 Å². The van der Waals surface area contributed by atoms with E-state index in [0.29, 0.717) is 22.8 Å². The Morgan fingerprint density at radius 2 is 1.90 bits per heavy atom. The number of carbonyl (C=O) groups excluding carboxylic acids is 2. The van der Waals surface area contributed by atoms with Crippen molar-refractivity contribution in [2.75, 3.05) is 13.9 Å². The molecule has 1 amide bonds. The molecule has 7 heteroatoms. The summed E-state index contributed by atoms with van der Waals surface area (Å²) >= 11 is 0. The molecular formula is C24H25NO6. The second kappa shape index (κ2) is 7.65. The molecule has 0 saturated carbocycles. The van der Waals surface area contributed by atoms with Crippen molar-refractivity contribution in [3.63, 3.8) is 0 Å². The molecule has 2 aliphatic heterocycles. The minimum absolute atomic E-state index is 0.103. The molecule has 2 aromatic rings. The van der Waals surface area contributed by atoms with Gasteiger partial charge in [0.05, 0.1) is 18.7 Å². The molecule has 31 heavy (non-hydrogen) atoms. The van der Waals surface area contributed by atoms with Gasteiger partial charge in [0.2, 0.25) is 6.79 Å². The van der Waals surface area contributed by atoms with Gasteiger partial charge in [-0.3, -0.25) is 9.59 Å². The Hall–Kier alpha value is -3.48. The number of hydrogen-bond donors (Lipinski definition) is 1. The Morgan fingerprint density at radius 1 is 1.16 bits per heavy atom. The van der Waals surface area contributed by atoms with Gasteiger partial charge in [0.1, 0.15) is 5.75 Å². The van der Waals surface area contributed by atoms with Gasteiger partial charge in [-0.2, -0.15) is 0 Å². The summed E-state index contributed by atoms with van der Waals surface area (Å²) < 4.78 is 16.1. The Labute approximate surface area is 180 Å². The summed E-state index contributed by atoms with van der Waals surface area (Å²) in [6, 6.07) is 11.9. The largest absolute Gasteiger partial charge is 0.503 e. The highest BCUT2D eigenvalue weighted by Gasteiger charge is 2.46. The van der Waals surface area contributed by atoms with Gasteiger partial charge in [-0.05, 0) is 35.4 Å². The molecule has 2 aromatic carbocycles. The summed E-state index contributed by atoms with van der Waals surface area (Å²) in [6.45, 7) is 5.64. The van der Waals surface area contributed by atoms with Crippen LogP contribution in [0.15, 0.2) is 53.8 Å². The quantitative estimate of drug-likeness (QED) is 0.784. The molecule has 1 N–H and O–H groups in total. The van der Waals surface area contributed by atoms with E-state index in [1.54, 1.807) is 58.2 Å². The first kappa shape index (κ1) is 20.8. The van der Waals surface area contributed by atoms with Crippen LogP contribution in [0.2, 0.25) is 0 Å². The number of amides is 1. The van der Waals surface area contributed by atoms with Crippen LogP contribution < -0.4 is 14.2 Å². The minimum atomic E-state index is -0.768. The number of fused-ring (bicyclic) bond motifs is 1. The normalized spacial score (nSPS) is 18.0. The molecule has 0 aromatic heterocycles. The third-order valence-corrected chi connectivity index (χ3v) is 5.43. The maximum Gasteiger partial charge on any atom is 0.290 e. The number of carbonyl (C=O) groups is 2. The number of methoxy groups -OCH3 is 1. The Morgan fingerprint density at radius 3 is 2.61 bits per heavy atom. The van der Waals surface area contributed by atoms with Crippen LogP contribution in [0.3, 0.4) is 0 Å². The van der Waals surface area contributed by atoms with Gasteiger partial charge in [-0.25, -0.2) is 0 Å². The lowest BCUT2D eigenvalue weighted by Gasteiger charge is -2.29. The van der Waals surface area contributed by atoms with E-state index in [9.17, 15) is 14.7 Å². The fourth-order valence-electron chi connectivity index (χ4n) is 3.85. The van der Waals surface area contributed by atoms with Crippen molar-refractivity contribution in [1.82, 2.24) is 4.90 Å². The van der Waals surface area contributed by atoms with Gasteiger partial charge in [0.15, 0.2) is 23.0 Å². The summed E-state index contributed by atoms with van der Waals surface area (Å²) in [5.41, 5.74) is 0.814. The number of aliphatic hydroxyl groups is 1. The number of Topliss-reactive ketones (excluding diaryl/α,β-unsaturated/α-hetero) is 1. The first-order chi connectivity index (χ1) is 14.7. The molecule has 0 spiro atoms. The van der Waals surface area contributed by atoms with Crippen molar-refractivity contribution in [2.45, 2.75) is 33.4 Å². The molecule has 0 bridgehead atoms. The van der Waals surface area contributed by atoms with E-state index in [4.69, 9.17) is 14.2 Å². The number of nitrogens with zero attached hydrogens (tertiary/aromatic N) is 1. The highest BCUT2D eigenvalue weighted by molar-refractivity contribution is 6.10. The molecule has 7 nitrogen and oxygen atoms in total. The number of aliphatic hydroxyl groups excluding tert-OH is 1. The summed E-state index contributed by atoms with van der Waals surface area (Å²) in [4.78, 5) is 27.9. The number of ether oxygens (including phenoxy) is 3. The number of rotatable bonds is 5. The molecule has 0 aliphatic carbocycles. The zero-order valence-electron chi connectivity index (χ0n) is 18.0. The lowest BCUT2D eigenvalue weighted by molar-refractivity contribution is -0.130. The van der Waals surface area contributed by atoms with Crippen molar-refractivity contribution in [3.05, 3.63) is 64.9 Å². The fraction of sp³-hybridized carbons (Fsp3) is 0.333. The van der Waals surface area contributed by atoms with Crippen molar-refractivity contribution in [1.29, 1.82) is 0 Å². The van der Waals surface area contributed by atoms with E-state index < -0.39 is 23.1 Å². The molecule has 2 aliphatic rings. The van der Waals surface area contributed by atoms with Crippen molar-refractivity contribution in [3.8, 4) is 17.2 Å². The monoisotopic (exact) mass is 423 g/mol. The van der Waals surface area contributed by atoms with Gasteiger partial charge < -0.3 is 24.2 Å². The molecule has 1 unspecified atom stereocenters. The molecule has 0 radical (unpaired) electrons. The first-order valence-corrected chi connectivity index (χ1v) is 10.0. The van der Waals surface area contributed by atoms with Gasteiger partial charge in [0.25, 0.3) is 5.91 Å². The SMILES string of the molecule is COc1cccc(C2C(C(=O)C(C)(C)C)=C(O)C(=O)N2Cc2ccc3c(c2)OCO3)c1. The lowest BCUT2D eigenvalue weighted by Crippen LogP contribution is -2.32. The smallest absolute Gasteiger partial charge is 0.290 e. The van der Waals surface area contributed by atoms with Crippen molar-refractivity contribution in [2.24, 2.45) is 5.41 Å². The fourth-order valence-corrected chi connectivity index (χ4v) is 3.85. The second-order valence-electron chi connectivity index (χ2n) is 8.64. The predicted octanol–water partition coefficient (Wildman–Crippen LogP) is 3.93. The van der Waals surface area contributed by atoms with E-state index in [0.717, 1.165) is 5.56 Å². The van der Waals surface area contributed by atoms with Crippen LogP contribution in [0.5, 0.6) is 17.2 Å². The number of ketones is 1. The Bertz CT molecular complexity index is 1080. The molecule has 4 rings (SSSR count). The van der Waals surface area contributed by atoms with Gasteiger partial charge in [-0.1, -0.05) is 39.0 Å². The van der Waals surface area contributed by atoms with Gasteiger partial charge >= 0.3 is 0 Å². The third-order valence-electron chi connectivity index (χ3n) is 5.43. The number of hydrogen-bond acceptors (Lipinski definition) is 6. The zero-order valence-corrected chi connectivity index (χ0v) is 18.0. The third kappa shape index (κ3) is 3.71. The van der Waals surface area contributed by atoms with Gasteiger partial charge in [-0.15, -0.1) is 0 Å². The Kier molecular flexibility index (Phi) is 5.13. The first-order valence-electron chi connectivity index (χ1n) is 10.0. The summed E-state index contributed by atoms with van der Waals surface area (Å²) in [5.74, 6) is 0.475. The summed E-state index contributed by atoms with van der Waals surface area (Å²) in [6.07, 6.45) is 0.